The van der Waals surface area contributed by atoms with Crippen molar-refractivity contribution in [2.75, 3.05) is 36.1 Å². The van der Waals surface area contributed by atoms with Crippen molar-refractivity contribution >= 4 is 23.0 Å². The molecule has 0 saturated heterocycles. The first-order chi connectivity index (χ1) is 9.47. The first-order valence-corrected chi connectivity index (χ1v) is 7.02. The number of hydrogen-bond acceptors (Lipinski definition) is 4. The van der Waals surface area contributed by atoms with Gasteiger partial charge < -0.3 is 20.7 Å². The van der Waals surface area contributed by atoms with Crippen LogP contribution in [0.1, 0.15) is 25.8 Å². The van der Waals surface area contributed by atoms with E-state index in [2.05, 4.69) is 10.2 Å². The van der Waals surface area contributed by atoms with Gasteiger partial charge in [-0.05, 0) is 38.0 Å². The summed E-state index contributed by atoms with van der Waals surface area (Å²) in [6.07, 6.45) is 1.51. The molecule has 0 saturated carbocycles. The molecule has 110 valence electrons. The molecule has 1 aromatic carbocycles. The molecule has 5 nitrogen and oxygen atoms in total. The Balaban J connectivity index is 2.11. The van der Waals surface area contributed by atoms with Crippen LogP contribution >= 0.6 is 0 Å². The summed E-state index contributed by atoms with van der Waals surface area (Å²) < 4.78 is 5.55. The third-order valence-electron chi connectivity index (χ3n) is 3.44. The number of carbonyl (C=O) groups excluding carboxylic acids is 1. The number of amides is 1. The summed E-state index contributed by atoms with van der Waals surface area (Å²) in [7, 11) is 1.98. The van der Waals surface area contributed by atoms with Gasteiger partial charge in [-0.15, -0.1) is 0 Å². The Morgan fingerprint density at radius 3 is 2.85 bits per heavy atom. The standard InChI is InChI=1S/C15H23N3O2/c1-10(2)20-7-6-18(3)14-9-13-11(8-12(14)16)4-5-15(19)17-13/h8-10H,4-7,16H2,1-3H3,(H,17,19). The molecule has 0 aliphatic carbocycles. The number of nitrogens with two attached hydrogens (primary N) is 1. The lowest BCUT2D eigenvalue weighted by Crippen LogP contribution is -2.26. The Labute approximate surface area is 120 Å². The highest BCUT2D eigenvalue weighted by Crippen LogP contribution is 2.32. The van der Waals surface area contributed by atoms with Crippen molar-refractivity contribution in [3.05, 3.63) is 17.7 Å². The summed E-state index contributed by atoms with van der Waals surface area (Å²) in [5, 5.41) is 2.90. The number of fused-ring (bicyclic) bond motifs is 1. The van der Waals surface area contributed by atoms with Gasteiger partial charge >= 0.3 is 0 Å². The smallest absolute Gasteiger partial charge is 0.224 e. The number of ether oxygens (including phenoxy) is 1. The predicted molar refractivity (Wildman–Crippen MR) is 82.2 cm³/mol. The molecule has 1 aliphatic rings. The largest absolute Gasteiger partial charge is 0.397 e. The van der Waals surface area contributed by atoms with Crippen LogP contribution in [-0.4, -0.2) is 32.2 Å². The lowest BCUT2D eigenvalue weighted by Gasteiger charge is -2.25. The number of nitrogens with zero attached hydrogens (tertiary/aromatic N) is 1. The van der Waals surface area contributed by atoms with Crippen LogP contribution in [0.4, 0.5) is 17.1 Å². The van der Waals surface area contributed by atoms with E-state index in [-0.39, 0.29) is 12.0 Å². The van der Waals surface area contributed by atoms with Gasteiger partial charge in [-0.1, -0.05) is 0 Å². The predicted octanol–water partition coefficient (Wildman–Crippen LogP) is 2.01. The lowest BCUT2D eigenvalue weighted by molar-refractivity contribution is -0.116. The van der Waals surface area contributed by atoms with E-state index < -0.39 is 0 Å². The molecule has 0 atom stereocenters. The number of aryl methyl sites for hydroxylation is 1. The minimum absolute atomic E-state index is 0.0685. The fraction of sp³-hybridized carbons (Fsp3) is 0.533. The molecule has 3 N–H and O–H groups in total. The number of likely N-dealkylation sites (N-methyl/N-ethyl adjacent to an activating group) is 1. The minimum atomic E-state index is 0.0685. The van der Waals surface area contributed by atoms with Crippen molar-refractivity contribution < 1.29 is 9.53 Å². The maximum atomic E-state index is 11.5. The van der Waals surface area contributed by atoms with E-state index in [1.54, 1.807) is 0 Å². The molecule has 1 amide bonds. The van der Waals surface area contributed by atoms with Crippen LogP contribution in [0.15, 0.2) is 12.1 Å². The number of nitrogen functional groups attached to an aromatic ring is 1. The van der Waals surface area contributed by atoms with E-state index in [4.69, 9.17) is 10.5 Å². The molecular formula is C15H23N3O2. The maximum Gasteiger partial charge on any atom is 0.224 e. The fourth-order valence-electron chi connectivity index (χ4n) is 2.31. The zero-order chi connectivity index (χ0) is 14.7. The van der Waals surface area contributed by atoms with Crippen LogP contribution in [0.5, 0.6) is 0 Å². The van der Waals surface area contributed by atoms with Crippen molar-refractivity contribution in [1.82, 2.24) is 0 Å². The molecule has 0 fully saturated rings. The molecule has 2 rings (SSSR count). The first-order valence-electron chi connectivity index (χ1n) is 7.02. The van der Waals surface area contributed by atoms with E-state index in [1.165, 1.54) is 0 Å². The molecular weight excluding hydrogens is 254 g/mol. The molecule has 0 bridgehead atoms. The van der Waals surface area contributed by atoms with Crippen molar-refractivity contribution in [3.63, 3.8) is 0 Å². The maximum absolute atomic E-state index is 11.5. The second-order valence-corrected chi connectivity index (χ2v) is 5.46. The van der Waals surface area contributed by atoms with Gasteiger partial charge in [0, 0.05) is 25.7 Å². The molecule has 5 heteroatoms. The summed E-state index contributed by atoms with van der Waals surface area (Å²) in [6, 6.07) is 3.92. The van der Waals surface area contributed by atoms with Gasteiger partial charge in [-0.2, -0.15) is 0 Å². The van der Waals surface area contributed by atoms with Gasteiger partial charge in [-0.25, -0.2) is 0 Å². The van der Waals surface area contributed by atoms with Crippen LogP contribution in [0.3, 0.4) is 0 Å². The summed E-state index contributed by atoms with van der Waals surface area (Å²) >= 11 is 0. The molecule has 0 aromatic heterocycles. The Kier molecular flexibility index (Phi) is 4.49. The number of benzene rings is 1. The molecule has 0 spiro atoms. The number of rotatable bonds is 5. The van der Waals surface area contributed by atoms with E-state index in [9.17, 15) is 4.79 Å². The van der Waals surface area contributed by atoms with E-state index in [0.717, 1.165) is 35.6 Å². The van der Waals surface area contributed by atoms with Crippen molar-refractivity contribution in [1.29, 1.82) is 0 Å². The number of hydrogen-bond donors (Lipinski definition) is 2. The second-order valence-electron chi connectivity index (χ2n) is 5.46. The number of nitrogens with one attached hydrogen (secondary N) is 1. The molecule has 0 unspecified atom stereocenters. The van der Waals surface area contributed by atoms with Crippen LogP contribution in [0.25, 0.3) is 0 Å². The monoisotopic (exact) mass is 277 g/mol. The Morgan fingerprint density at radius 2 is 2.15 bits per heavy atom. The number of anilines is 3. The van der Waals surface area contributed by atoms with Crippen LogP contribution < -0.4 is 16.0 Å². The summed E-state index contributed by atoms with van der Waals surface area (Å²) in [5.74, 6) is 0.0685. The molecule has 1 heterocycles. The van der Waals surface area contributed by atoms with Crippen molar-refractivity contribution in [2.45, 2.75) is 32.8 Å². The molecule has 0 radical (unpaired) electrons. The van der Waals surface area contributed by atoms with Crippen LogP contribution in [0, 0.1) is 0 Å². The van der Waals surface area contributed by atoms with E-state index in [1.807, 2.05) is 33.0 Å². The zero-order valence-corrected chi connectivity index (χ0v) is 12.4. The second kappa shape index (κ2) is 6.13. The number of carbonyl (C=O) groups is 1. The highest BCUT2D eigenvalue weighted by Gasteiger charge is 2.17. The van der Waals surface area contributed by atoms with Gasteiger partial charge in [0.15, 0.2) is 0 Å². The fourth-order valence-corrected chi connectivity index (χ4v) is 2.31. The average Bonchev–Trinajstić information content (AvgIpc) is 2.38. The van der Waals surface area contributed by atoms with E-state index in [0.29, 0.717) is 13.0 Å². The topological polar surface area (TPSA) is 67.6 Å². The Hall–Kier alpha value is -1.75. The average molecular weight is 277 g/mol. The summed E-state index contributed by atoms with van der Waals surface area (Å²) in [4.78, 5) is 13.5. The highest BCUT2D eigenvalue weighted by atomic mass is 16.5. The Morgan fingerprint density at radius 1 is 1.40 bits per heavy atom. The van der Waals surface area contributed by atoms with Gasteiger partial charge in [0.1, 0.15) is 0 Å². The lowest BCUT2D eigenvalue weighted by atomic mass is 10.0. The first kappa shape index (κ1) is 14.7. The van der Waals surface area contributed by atoms with E-state index >= 15 is 0 Å². The normalized spacial score (nSPS) is 14.1. The van der Waals surface area contributed by atoms with Crippen molar-refractivity contribution in [2.24, 2.45) is 0 Å². The molecule has 20 heavy (non-hydrogen) atoms. The summed E-state index contributed by atoms with van der Waals surface area (Å²) in [6.45, 7) is 5.44. The zero-order valence-electron chi connectivity index (χ0n) is 12.4. The third kappa shape index (κ3) is 3.42. The summed E-state index contributed by atoms with van der Waals surface area (Å²) in [5.41, 5.74) is 9.77. The molecule has 1 aromatic rings. The quantitative estimate of drug-likeness (QED) is 0.808. The van der Waals surface area contributed by atoms with Crippen LogP contribution in [-0.2, 0) is 16.0 Å². The SMILES string of the molecule is CC(C)OCCN(C)c1cc2c(cc1N)CCC(=O)N2. The van der Waals surface area contributed by atoms with Gasteiger partial charge in [0.25, 0.3) is 0 Å². The van der Waals surface area contributed by atoms with Crippen molar-refractivity contribution in [3.8, 4) is 0 Å². The Bertz CT molecular complexity index is 500. The van der Waals surface area contributed by atoms with Gasteiger partial charge in [-0.3, -0.25) is 4.79 Å². The highest BCUT2D eigenvalue weighted by molar-refractivity contribution is 5.95. The third-order valence-corrected chi connectivity index (χ3v) is 3.44. The van der Waals surface area contributed by atoms with Gasteiger partial charge in [0.2, 0.25) is 5.91 Å². The van der Waals surface area contributed by atoms with Gasteiger partial charge in [0.05, 0.1) is 24.1 Å². The van der Waals surface area contributed by atoms with Crippen LogP contribution in [0.2, 0.25) is 0 Å². The molecule has 1 aliphatic heterocycles. The minimum Gasteiger partial charge on any atom is -0.397 e.